The number of rotatable bonds is 3. The second-order valence-corrected chi connectivity index (χ2v) is 7.30. The van der Waals surface area contributed by atoms with Gasteiger partial charge in [0.05, 0.1) is 15.9 Å². The van der Waals surface area contributed by atoms with Gasteiger partial charge in [-0.15, -0.1) is 0 Å². The van der Waals surface area contributed by atoms with Crippen LogP contribution in [0, 0.1) is 11.3 Å². The fourth-order valence-corrected chi connectivity index (χ4v) is 4.07. The largest absolute Gasteiger partial charge is 0.423 e. The number of hydrogen-bond acceptors (Lipinski definition) is 8. The van der Waals surface area contributed by atoms with Crippen LogP contribution >= 0.6 is 11.3 Å². The number of fused-ring (bicyclic) bond motifs is 3. The minimum absolute atomic E-state index is 0.0116. The van der Waals surface area contributed by atoms with Crippen LogP contribution < -0.4 is 15.0 Å². The smallest absolute Gasteiger partial charge is 0.308 e. The highest BCUT2D eigenvalue weighted by Gasteiger charge is 2.20. The van der Waals surface area contributed by atoms with E-state index in [-0.39, 0.29) is 22.8 Å². The summed E-state index contributed by atoms with van der Waals surface area (Å²) in [5.41, 5.74) is 0.677. The molecule has 0 aliphatic carbocycles. The molecule has 4 rings (SSSR count). The molecule has 0 saturated heterocycles. The maximum absolute atomic E-state index is 13.1. The normalized spacial score (nSPS) is 10.7. The molecule has 0 aliphatic heterocycles. The quantitative estimate of drug-likeness (QED) is 0.370. The van der Waals surface area contributed by atoms with Gasteiger partial charge in [-0.1, -0.05) is 41.7 Å². The molecule has 8 nitrogen and oxygen atoms in total. The van der Waals surface area contributed by atoms with Crippen LogP contribution in [0.4, 0.5) is 0 Å². The highest BCUT2D eigenvalue weighted by molar-refractivity contribution is 7.23. The van der Waals surface area contributed by atoms with Crippen LogP contribution in [0.3, 0.4) is 0 Å². The molecule has 2 aromatic heterocycles. The average Bonchev–Trinajstić information content (AvgIpc) is 3.05. The van der Waals surface area contributed by atoms with Crippen LogP contribution in [-0.2, 0) is 9.59 Å². The molecule has 0 saturated carbocycles. The molecule has 2 heterocycles. The Labute approximate surface area is 173 Å². The summed E-state index contributed by atoms with van der Waals surface area (Å²) in [6, 6.07) is 13.8. The van der Waals surface area contributed by atoms with E-state index in [0.29, 0.717) is 20.7 Å². The van der Waals surface area contributed by atoms with Gasteiger partial charge in [0.2, 0.25) is 0 Å². The van der Waals surface area contributed by atoms with E-state index >= 15 is 0 Å². The van der Waals surface area contributed by atoms with Crippen molar-refractivity contribution in [3.05, 3.63) is 58.4 Å². The Bertz CT molecular complexity index is 1430. The monoisotopic (exact) mass is 419 g/mol. The lowest BCUT2D eigenvalue weighted by molar-refractivity contribution is -0.134. The third-order valence-corrected chi connectivity index (χ3v) is 5.19. The van der Waals surface area contributed by atoms with Crippen LogP contribution in [0.15, 0.2) is 47.3 Å². The molecule has 0 aliphatic rings. The first-order valence-corrected chi connectivity index (χ1v) is 9.56. The maximum Gasteiger partial charge on any atom is 0.308 e. The first-order chi connectivity index (χ1) is 14.4. The van der Waals surface area contributed by atoms with E-state index in [2.05, 4.69) is 4.98 Å². The van der Waals surface area contributed by atoms with E-state index in [1.54, 1.807) is 24.3 Å². The standard InChI is InChI=1S/C21H13N3O5S/c1-11(25)28-16-8-15-18(9-17(16)29-12(2)26)30-21-23-19(13-6-4-3-5-7-13)14(10-22)20(27)24(15)21/h3-9H,1-2H3. The summed E-state index contributed by atoms with van der Waals surface area (Å²) in [6.45, 7) is 2.44. The molecule has 0 unspecified atom stereocenters. The number of aromatic nitrogens is 2. The molecule has 0 fully saturated rings. The van der Waals surface area contributed by atoms with Gasteiger partial charge < -0.3 is 9.47 Å². The minimum Gasteiger partial charge on any atom is -0.423 e. The topological polar surface area (TPSA) is 111 Å². The van der Waals surface area contributed by atoms with Gasteiger partial charge >= 0.3 is 11.9 Å². The lowest BCUT2D eigenvalue weighted by atomic mass is 10.1. The molecule has 9 heteroatoms. The van der Waals surface area contributed by atoms with Gasteiger partial charge in [0.25, 0.3) is 5.56 Å². The maximum atomic E-state index is 13.1. The third kappa shape index (κ3) is 3.29. The number of esters is 2. The summed E-state index contributed by atoms with van der Waals surface area (Å²) >= 11 is 1.18. The number of ether oxygens (including phenoxy) is 2. The van der Waals surface area contributed by atoms with Crippen molar-refractivity contribution in [1.29, 1.82) is 5.26 Å². The Morgan fingerprint density at radius 3 is 2.30 bits per heavy atom. The highest BCUT2D eigenvalue weighted by atomic mass is 32.1. The summed E-state index contributed by atoms with van der Waals surface area (Å²) in [6.07, 6.45) is 0. The summed E-state index contributed by atoms with van der Waals surface area (Å²) in [5.74, 6) is -1.16. The first-order valence-electron chi connectivity index (χ1n) is 8.74. The predicted octanol–water partition coefficient (Wildman–Crippen LogP) is 3.30. The molecule has 0 spiro atoms. The average molecular weight is 419 g/mol. The Hall–Kier alpha value is -4.03. The SMILES string of the molecule is CC(=O)Oc1cc2sc3nc(-c4ccccc4)c(C#N)c(=O)n3c2cc1OC(C)=O. The molecule has 0 atom stereocenters. The van der Waals surface area contributed by atoms with Gasteiger partial charge in [-0.3, -0.25) is 14.4 Å². The van der Waals surface area contributed by atoms with Gasteiger partial charge in [0, 0.05) is 31.5 Å². The number of nitrogens with zero attached hydrogens (tertiary/aromatic N) is 3. The number of hydrogen-bond donors (Lipinski definition) is 0. The van der Waals surface area contributed by atoms with E-state index in [4.69, 9.17) is 9.47 Å². The zero-order chi connectivity index (χ0) is 21.4. The van der Waals surface area contributed by atoms with E-state index in [1.807, 2.05) is 12.1 Å². The molecule has 0 amide bonds. The van der Waals surface area contributed by atoms with Crippen molar-refractivity contribution in [3.63, 3.8) is 0 Å². The summed E-state index contributed by atoms with van der Waals surface area (Å²) in [7, 11) is 0. The van der Waals surface area contributed by atoms with Crippen molar-refractivity contribution in [2.75, 3.05) is 0 Å². The lowest BCUT2D eigenvalue weighted by Crippen LogP contribution is -2.18. The number of thiazole rings is 1. The van der Waals surface area contributed by atoms with Crippen LogP contribution in [0.5, 0.6) is 11.5 Å². The second kappa shape index (κ2) is 7.42. The zero-order valence-electron chi connectivity index (χ0n) is 15.8. The Balaban J connectivity index is 2.06. The molecule has 0 bridgehead atoms. The van der Waals surface area contributed by atoms with E-state index in [9.17, 15) is 19.6 Å². The summed E-state index contributed by atoms with van der Waals surface area (Å²) in [4.78, 5) is 40.9. The van der Waals surface area contributed by atoms with Crippen molar-refractivity contribution >= 4 is 38.5 Å². The fourth-order valence-electron chi connectivity index (χ4n) is 3.04. The molecule has 30 heavy (non-hydrogen) atoms. The zero-order valence-corrected chi connectivity index (χ0v) is 16.6. The van der Waals surface area contributed by atoms with Gasteiger partial charge in [0.1, 0.15) is 11.6 Å². The molecule has 0 N–H and O–H groups in total. The highest BCUT2D eigenvalue weighted by Crippen LogP contribution is 2.37. The number of carbonyl (C=O) groups excluding carboxylic acids is 2. The van der Waals surface area contributed by atoms with Crippen LogP contribution in [0.1, 0.15) is 19.4 Å². The first kappa shape index (κ1) is 19.3. The Morgan fingerprint density at radius 1 is 1.07 bits per heavy atom. The molecule has 2 aromatic carbocycles. The van der Waals surface area contributed by atoms with Gasteiger partial charge in [-0.2, -0.15) is 5.26 Å². The third-order valence-electron chi connectivity index (χ3n) is 4.19. The van der Waals surface area contributed by atoms with E-state index < -0.39 is 17.5 Å². The van der Waals surface area contributed by atoms with Crippen molar-refractivity contribution in [2.45, 2.75) is 13.8 Å². The van der Waals surface area contributed by atoms with Crippen LogP contribution in [0.25, 0.3) is 26.4 Å². The minimum atomic E-state index is -0.614. The van der Waals surface area contributed by atoms with Crippen molar-refractivity contribution in [2.24, 2.45) is 0 Å². The van der Waals surface area contributed by atoms with Crippen molar-refractivity contribution in [3.8, 4) is 28.8 Å². The van der Waals surface area contributed by atoms with Gasteiger partial charge in [0.15, 0.2) is 16.5 Å². The van der Waals surface area contributed by atoms with Crippen molar-refractivity contribution < 1.29 is 19.1 Å². The number of benzene rings is 2. The second-order valence-electron chi connectivity index (χ2n) is 6.29. The lowest BCUT2D eigenvalue weighted by Gasteiger charge is -2.09. The molecular weight excluding hydrogens is 406 g/mol. The van der Waals surface area contributed by atoms with Gasteiger partial charge in [-0.25, -0.2) is 9.38 Å². The molecule has 4 aromatic rings. The van der Waals surface area contributed by atoms with Crippen LogP contribution in [-0.4, -0.2) is 21.3 Å². The Morgan fingerprint density at radius 2 is 1.70 bits per heavy atom. The van der Waals surface area contributed by atoms with Crippen LogP contribution in [0.2, 0.25) is 0 Å². The van der Waals surface area contributed by atoms with E-state index in [0.717, 1.165) is 0 Å². The fraction of sp³-hybridized carbons (Fsp3) is 0.0952. The molecule has 148 valence electrons. The summed E-state index contributed by atoms with van der Waals surface area (Å²) in [5, 5.41) is 9.62. The van der Waals surface area contributed by atoms with E-state index in [1.165, 1.54) is 41.7 Å². The van der Waals surface area contributed by atoms with Gasteiger partial charge in [-0.05, 0) is 0 Å². The number of nitriles is 1. The number of carbonyl (C=O) groups is 2. The Kier molecular flexibility index (Phi) is 4.77. The molecule has 0 radical (unpaired) electrons. The summed E-state index contributed by atoms with van der Waals surface area (Å²) < 4.78 is 12.2. The molecular formula is C21H13N3O5S. The predicted molar refractivity (Wildman–Crippen MR) is 110 cm³/mol. The van der Waals surface area contributed by atoms with Crippen molar-refractivity contribution in [1.82, 2.24) is 9.38 Å².